The smallest absolute Gasteiger partial charge is 0.270 e. The number of aryl methyl sites for hydroxylation is 1. The number of carbonyl (C=O) groups excluding carboxylic acids is 1. The van der Waals surface area contributed by atoms with E-state index >= 15 is 0 Å². The molecular weight excluding hydrogens is 310 g/mol. The van der Waals surface area contributed by atoms with E-state index in [1.807, 2.05) is 56.0 Å². The van der Waals surface area contributed by atoms with Crippen molar-refractivity contribution in [2.45, 2.75) is 13.0 Å². The zero-order chi connectivity index (χ0) is 16.6. The van der Waals surface area contributed by atoms with Crippen LogP contribution < -0.4 is 4.74 Å². The van der Waals surface area contributed by atoms with Crippen molar-refractivity contribution < 1.29 is 9.53 Å². The molecule has 5 nitrogen and oxygen atoms in total. The van der Waals surface area contributed by atoms with Crippen LogP contribution in [0.4, 0.5) is 0 Å². The predicted molar refractivity (Wildman–Crippen MR) is 92.1 cm³/mol. The largest absolute Gasteiger partial charge is 0.497 e. The first kappa shape index (κ1) is 15.6. The normalized spacial score (nSPS) is 12.3. The molecule has 0 saturated carbocycles. The average molecular weight is 329 g/mol. The number of aromatic nitrogens is 2. The first-order valence-electron chi connectivity index (χ1n) is 7.32. The lowest BCUT2D eigenvalue weighted by Crippen LogP contribution is -2.30. The topological polar surface area (TPSA) is 47.4 Å². The molecule has 1 amide bonds. The summed E-state index contributed by atoms with van der Waals surface area (Å²) >= 11 is 1.56. The fraction of sp³-hybridized carbons (Fsp3) is 0.294. The number of amides is 1. The first-order valence-corrected chi connectivity index (χ1v) is 8.20. The third kappa shape index (κ3) is 2.70. The molecule has 23 heavy (non-hydrogen) atoms. The van der Waals surface area contributed by atoms with Gasteiger partial charge in [-0.25, -0.2) is 0 Å². The molecule has 0 bridgehead atoms. The predicted octanol–water partition coefficient (Wildman–Crippen LogP) is 3.48. The number of hydrogen-bond donors (Lipinski definition) is 0. The van der Waals surface area contributed by atoms with Gasteiger partial charge in [0.15, 0.2) is 0 Å². The van der Waals surface area contributed by atoms with Crippen molar-refractivity contribution in [1.82, 2.24) is 14.5 Å². The van der Waals surface area contributed by atoms with E-state index in [4.69, 9.17) is 4.74 Å². The second-order valence-electron chi connectivity index (χ2n) is 5.51. The van der Waals surface area contributed by atoms with Gasteiger partial charge >= 0.3 is 0 Å². The van der Waals surface area contributed by atoms with Crippen LogP contribution in [0, 0.1) is 0 Å². The molecule has 6 heteroatoms. The van der Waals surface area contributed by atoms with Crippen LogP contribution >= 0.6 is 11.3 Å². The van der Waals surface area contributed by atoms with Gasteiger partial charge in [0.1, 0.15) is 11.4 Å². The maximum absolute atomic E-state index is 12.9. The van der Waals surface area contributed by atoms with Crippen molar-refractivity contribution in [3.8, 4) is 5.75 Å². The molecule has 2 heterocycles. The molecule has 0 spiro atoms. The molecule has 3 aromatic rings. The van der Waals surface area contributed by atoms with Crippen LogP contribution in [-0.2, 0) is 7.05 Å². The zero-order valence-electron chi connectivity index (χ0n) is 13.6. The highest BCUT2D eigenvalue weighted by Crippen LogP contribution is 2.27. The highest BCUT2D eigenvalue weighted by molar-refractivity contribution is 7.09. The Kier molecular flexibility index (Phi) is 4.09. The minimum Gasteiger partial charge on any atom is -0.497 e. The lowest BCUT2D eigenvalue weighted by atomic mass is 10.2. The van der Waals surface area contributed by atoms with Crippen molar-refractivity contribution in [2.75, 3.05) is 14.2 Å². The van der Waals surface area contributed by atoms with Crippen molar-refractivity contribution in [1.29, 1.82) is 0 Å². The standard InChI is InChI=1S/C17H19N3O2S/c1-11(16-9-18-10-23-16)19(2)17(21)15-8-12-7-13(22-4)5-6-14(12)20(15)3/h5-11H,1-4H3. The number of hydrogen-bond acceptors (Lipinski definition) is 4. The van der Waals surface area contributed by atoms with E-state index in [0.29, 0.717) is 5.69 Å². The molecule has 3 rings (SSSR count). The number of fused-ring (bicyclic) bond motifs is 1. The third-order valence-corrected chi connectivity index (χ3v) is 5.18. The van der Waals surface area contributed by atoms with Crippen LogP contribution in [0.2, 0.25) is 0 Å². The van der Waals surface area contributed by atoms with E-state index in [2.05, 4.69) is 4.98 Å². The van der Waals surface area contributed by atoms with Crippen LogP contribution in [0.1, 0.15) is 28.3 Å². The molecule has 2 aromatic heterocycles. The number of ether oxygens (including phenoxy) is 1. The monoisotopic (exact) mass is 329 g/mol. The van der Waals surface area contributed by atoms with E-state index in [1.54, 1.807) is 28.9 Å². The molecule has 0 aliphatic rings. The maximum atomic E-state index is 12.9. The summed E-state index contributed by atoms with van der Waals surface area (Å²) in [5, 5.41) is 0.994. The van der Waals surface area contributed by atoms with Crippen LogP contribution in [-0.4, -0.2) is 34.5 Å². The fourth-order valence-corrected chi connectivity index (χ4v) is 3.36. The van der Waals surface area contributed by atoms with Gasteiger partial charge in [-0.05, 0) is 31.2 Å². The molecular formula is C17H19N3O2S. The van der Waals surface area contributed by atoms with Crippen LogP contribution in [0.15, 0.2) is 36.0 Å². The SMILES string of the molecule is COc1ccc2c(c1)cc(C(=O)N(C)C(C)c1cncs1)n2C. The molecule has 0 aliphatic heterocycles. The number of thiazole rings is 1. The van der Waals surface area contributed by atoms with Gasteiger partial charge in [-0.1, -0.05) is 0 Å². The van der Waals surface area contributed by atoms with Crippen molar-refractivity contribution in [2.24, 2.45) is 7.05 Å². The fourth-order valence-electron chi connectivity index (χ4n) is 2.64. The van der Waals surface area contributed by atoms with Crippen LogP contribution in [0.25, 0.3) is 10.9 Å². The lowest BCUT2D eigenvalue weighted by molar-refractivity contribution is 0.0735. The number of benzene rings is 1. The van der Waals surface area contributed by atoms with E-state index < -0.39 is 0 Å². The highest BCUT2D eigenvalue weighted by Gasteiger charge is 2.23. The summed E-state index contributed by atoms with van der Waals surface area (Å²) in [4.78, 5) is 19.8. The Labute approximate surface area is 139 Å². The van der Waals surface area contributed by atoms with Gasteiger partial charge in [0, 0.05) is 36.1 Å². The van der Waals surface area contributed by atoms with Gasteiger partial charge < -0.3 is 14.2 Å². The van der Waals surface area contributed by atoms with E-state index in [9.17, 15) is 4.79 Å². The van der Waals surface area contributed by atoms with Gasteiger partial charge in [0.25, 0.3) is 5.91 Å². The Morgan fingerprint density at radius 1 is 1.39 bits per heavy atom. The van der Waals surface area contributed by atoms with Crippen molar-refractivity contribution in [3.05, 3.63) is 46.5 Å². The van der Waals surface area contributed by atoms with Crippen LogP contribution in [0.3, 0.4) is 0 Å². The summed E-state index contributed by atoms with van der Waals surface area (Å²) in [6.45, 7) is 2.01. The Balaban J connectivity index is 1.95. The van der Waals surface area contributed by atoms with E-state index in [1.165, 1.54) is 0 Å². The van der Waals surface area contributed by atoms with Crippen molar-refractivity contribution >= 4 is 28.1 Å². The minimum atomic E-state index is -0.0115. The molecule has 0 radical (unpaired) electrons. The summed E-state index contributed by atoms with van der Waals surface area (Å²) in [7, 11) is 5.37. The lowest BCUT2D eigenvalue weighted by Gasteiger charge is -2.24. The Morgan fingerprint density at radius 2 is 2.17 bits per heavy atom. The van der Waals surface area contributed by atoms with Gasteiger partial charge in [0.05, 0.1) is 18.7 Å². The second kappa shape index (κ2) is 6.04. The van der Waals surface area contributed by atoms with Gasteiger partial charge in [-0.2, -0.15) is 0 Å². The summed E-state index contributed by atoms with van der Waals surface area (Å²) in [6, 6.07) is 7.72. The summed E-state index contributed by atoms with van der Waals surface area (Å²) < 4.78 is 7.18. The molecule has 1 atom stereocenters. The Hall–Kier alpha value is -2.34. The quantitative estimate of drug-likeness (QED) is 0.736. The molecule has 0 aliphatic carbocycles. The number of methoxy groups -OCH3 is 1. The molecule has 0 fully saturated rings. The zero-order valence-corrected chi connectivity index (χ0v) is 14.4. The Morgan fingerprint density at radius 3 is 2.83 bits per heavy atom. The summed E-state index contributed by atoms with van der Waals surface area (Å²) in [6.07, 6.45) is 1.81. The van der Waals surface area contributed by atoms with Gasteiger partial charge in [0.2, 0.25) is 0 Å². The third-order valence-electron chi connectivity index (χ3n) is 4.23. The number of rotatable bonds is 4. The first-order chi connectivity index (χ1) is 11.0. The Bertz CT molecular complexity index is 839. The van der Waals surface area contributed by atoms with E-state index in [0.717, 1.165) is 21.5 Å². The molecule has 0 N–H and O–H groups in total. The van der Waals surface area contributed by atoms with Crippen LogP contribution in [0.5, 0.6) is 5.75 Å². The number of carbonyl (C=O) groups is 1. The van der Waals surface area contributed by atoms with E-state index in [-0.39, 0.29) is 11.9 Å². The summed E-state index contributed by atoms with van der Waals surface area (Å²) in [5.41, 5.74) is 3.45. The molecule has 1 aromatic carbocycles. The maximum Gasteiger partial charge on any atom is 0.270 e. The highest BCUT2D eigenvalue weighted by atomic mass is 32.1. The van der Waals surface area contributed by atoms with Gasteiger partial charge in [-0.3, -0.25) is 9.78 Å². The molecule has 120 valence electrons. The molecule has 0 saturated heterocycles. The van der Waals surface area contributed by atoms with Crippen molar-refractivity contribution in [3.63, 3.8) is 0 Å². The molecule has 1 unspecified atom stereocenters. The minimum absolute atomic E-state index is 0.0106. The van der Waals surface area contributed by atoms with Gasteiger partial charge in [-0.15, -0.1) is 11.3 Å². The summed E-state index contributed by atoms with van der Waals surface area (Å²) in [5.74, 6) is 0.775. The number of nitrogens with zero attached hydrogens (tertiary/aromatic N) is 3. The second-order valence-corrected chi connectivity index (χ2v) is 6.43. The average Bonchev–Trinajstić information content (AvgIpc) is 3.21.